The van der Waals surface area contributed by atoms with Crippen molar-refractivity contribution in [3.05, 3.63) is 18.0 Å². The molecule has 1 aromatic rings. The van der Waals surface area contributed by atoms with Gasteiger partial charge < -0.3 is 10.4 Å². The van der Waals surface area contributed by atoms with E-state index < -0.39 is 0 Å². The van der Waals surface area contributed by atoms with Gasteiger partial charge in [0.25, 0.3) is 0 Å². The zero-order valence-electron chi connectivity index (χ0n) is 8.90. The molecule has 0 saturated carbocycles. The van der Waals surface area contributed by atoms with Crippen LogP contribution in [-0.4, -0.2) is 27.5 Å². The molecule has 0 fully saturated rings. The number of hydrogen-bond donors (Lipinski definition) is 2. The molecule has 0 aliphatic carbocycles. The maximum Gasteiger partial charge on any atom is 0.0664 e. The number of rotatable bonds is 6. The van der Waals surface area contributed by atoms with Gasteiger partial charge in [-0.15, -0.1) is 0 Å². The first kappa shape index (κ1) is 11.2. The van der Waals surface area contributed by atoms with Crippen molar-refractivity contribution in [3.63, 3.8) is 0 Å². The molecule has 1 atom stereocenters. The minimum absolute atomic E-state index is 0.228. The van der Waals surface area contributed by atoms with E-state index in [0.717, 1.165) is 25.1 Å². The van der Waals surface area contributed by atoms with Crippen molar-refractivity contribution in [2.75, 3.05) is 6.54 Å². The maximum atomic E-state index is 9.46. The van der Waals surface area contributed by atoms with E-state index in [1.165, 1.54) is 0 Å². The Morgan fingerprint density at radius 1 is 1.64 bits per heavy atom. The van der Waals surface area contributed by atoms with Crippen molar-refractivity contribution in [2.24, 2.45) is 7.05 Å². The second-order valence-electron chi connectivity index (χ2n) is 3.52. The third kappa shape index (κ3) is 3.47. The highest BCUT2D eigenvalue weighted by Crippen LogP contribution is 1.97. The summed E-state index contributed by atoms with van der Waals surface area (Å²) in [5, 5.41) is 16.7. The van der Waals surface area contributed by atoms with E-state index in [2.05, 4.69) is 17.3 Å². The zero-order valence-corrected chi connectivity index (χ0v) is 8.90. The predicted molar refractivity (Wildman–Crippen MR) is 55.8 cm³/mol. The Morgan fingerprint density at radius 2 is 2.43 bits per heavy atom. The van der Waals surface area contributed by atoms with Gasteiger partial charge in [0.05, 0.1) is 11.8 Å². The van der Waals surface area contributed by atoms with Gasteiger partial charge in [0.1, 0.15) is 0 Å². The lowest BCUT2D eigenvalue weighted by Gasteiger charge is -2.10. The lowest BCUT2D eigenvalue weighted by Crippen LogP contribution is -2.26. The van der Waals surface area contributed by atoms with Crippen molar-refractivity contribution in [1.82, 2.24) is 15.1 Å². The van der Waals surface area contributed by atoms with E-state index in [9.17, 15) is 5.11 Å². The van der Waals surface area contributed by atoms with Crippen molar-refractivity contribution in [3.8, 4) is 0 Å². The summed E-state index contributed by atoms with van der Waals surface area (Å²) in [6.07, 6.45) is 3.43. The predicted octanol–water partition coefficient (Wildman–Crippen LogP) is 0.671. The molecular formula is C10H19N3O. The lowest BCUT2D eigenvalue weighted by atomic mass is 10.2. The molecule has 0 amide bonds. The Morgan fingerprint density at radius 3 is 3.00 bits per heavy atom. The second-order valence-corrected chi connectivity index (χ2v) is 3.52. The Balaban J connectivity index is 2.19. The smallest absolute Gasteiger partial charge is 0.0664 e. The standard InChI is InChI=1S/C10H19N3O/c1-3-4-10(14)8-11-7-9-5-6-12-13(9)2/h5-6,10-11,14H,3-4,7-8H2,1-2H3. The molecule has 0 aromatic carbocycles. The van der Waals surface area contributed by atoms with Crippen molar-refractivity contribution >= 4 is 0 Å². The molecule has 80 valence electrons. The van der Waals surface area contributed by atoms with Crippen LogP contribution in [0.2, 0.25) is 0 Å². The first-order valence-electron chi connectivity index (χ1n) is 5.09. The third-order valence-electron chi connectivity index (χ3n) is 2.23. The van der Waals surface area contributed by atoms with E-state index in [-0.39, 0.29) is 6.10 Å². The van der Waals surface area contributed by atoms with Crippen molar-refractivity contribution < 1.29 is 5.11 Å². The molecule has 2 N–H and O–H groups in total. The third-order valence-corrected chi connectivity index (χ3v) is 2.23. The number of nitrogens with zero attached hydrogens (tertiary/aromatic N) is 2. The summed E-state index contributed by atoms with van der Waals surface area (Å²) >= 11 is 0. The van der Waals surface area contributed by atoms with E-state index in [1.807, 2.05) is 17.8 Å². The van der Waals surface area contributed by atoms with Crippen LogP contribution in [0.1, 0.15) is 25.5 Å². The number of aryl methyl sites for hydroxylation is 1. The molecule has 1 unspecified atom stereocenters. The zero-order chi connectivity index (χ0) is 10.4. The first-order chi connectivity index (χ1) is 6.74. The summed E-state index contributed by atoms with van der Waals surface area (Å²) in [5.74, 6) is 0. The Bertz CT molecular complexity index is 260. The summed E-state index contributed by atoms with van der Waals surface area (Å²) < 4.78 is 1.83. The van der Waals surface area contributed by atoms with Crippen molar-refractivity contribution in [2.45, 2.75) is 32.4 Å². The quantitative estimate of drug-likeness (QED) is 0.704. The van der Waals surface area contributed by atoms with Gasteiger partial charge in [0.15, 0.2) is 0 Å². The van der Waals surface area contributed by atoms with E-state index in [1.54, 1.807) is 6.20 Å². The van der Waals surface area contributed by atoms with Gasteiger partial charge in [-0.05, 0) is 12.5 Å². The van der Waals surface area contributed by atoms with Crippen LogP contribution in [0, 0.1) is 0 Å². The highest BCUT2D eigenvalue weighted by Gasteiger charge is 2.02. The fourth-order valence-corrected chi connectivity index (χ4v) is 1.38. The molecule has 0 aliphatic rings. The molecule has 14 heavy (non-hydrogen) atoms. The fraction of sp³-hybridized carbons (Fsp3) is 0.700. The molecule has 0 spiro atoms. The topological polar surface area (TPSA) is 50.1 Å². The maximum absolute atomic E-state index is 9.46. The average Bonchev–Trinajstić information content (AvgIpc) is 2.52. The van der Waals surface area contributed by atoms with Crippen LogP contribution in [0.25, 0.3) is 0 Å². The summed E-state index contributed by atoms with van der Waals surface area (Å²) in [4.78, 5) is 0. The van der Waals surface area contributed by atoms with Gasteiger partial charge in [-0.2, -0.15) is 5.10 Å². The molecule has 1 rings (SSSR count). The molecule has 0 saturated heterocycles. The summed E-state index contributed by atoms with van der Waals surface area (Å²) in [7, 11) is 1.92. The van der Waals surface area contributed by atoms with Gasteiger partial charge in [-0.1, -0.05) is 13.3 Å². The van der Waals surface area contributed by atoms with Crippen LogP contribution < -0.4 is 5.32 Å². The number of hydrogen-bond acceptors (Lipinski definition) is 3. The highest BCUT2D eigenvalue weighted by atomic mass is 16.3. The summed E-state index contributed by atoms with van der Waals surface area (Å²) in [6.45, 7) is 3.49. The van der Waals surface area contributed by atoms with E-state index in [4.69, 9.17) is 0 Å². The SMILES string of the molecule is CCCC(O)CNCc1ccnn1C. The second kappa shape index (κ2) is 5.78. The van der Waals surface area contributed by atoms with Gasteiger partial charge in [-0.25, -0.2) is 0 Å². The normalized spacial score (nSPS) is 13.1. The van der Waals surface area contributed by atoms with Crippen molar-refractivity contribution in [1.29, 1.82) is 0 Å². The number of aliphatic hydroxyl groups excluding tert-OH is 1. The van der Waals surface area contributed by atoms with Crippen LogP contribution in [0.5, 0.6) is 0 Å². The average molecular weight is 197 g/mol. The molecule has 4 nitrogen and oxygen atoms in total. The Hall–Kier alpha value is -0.870. The molecule has 1 heterocycles. The largest absolute Gasteiger partial charge is 0.392 e. The monoisotopic (exact) mass is 197 g/mol. The molecule has 0 bridgehead atoms. The van der Waals surface area contributed by atoms with E-state index in [0.29, 0.717) is 6.54 Å². The fourth-order valence-electron chi connectivity index (χ4n) is 1.38. The van der Waals surface area contributed by atoms with Gasteiger partial charge in [-0.3, -0.25) is 4.68 Å². The van der Waals surface area contributed by atoms with Gasteiger partial charge >= 0.3 is 0 Å². The Kier molecular flexibility index (Phi) is 4.62. The molecule has 1 aromatic heterocycles. The summed E-state index contributed by atoms with van der Waals surface area (Å²) in [6, 6.07) is 1.97. The number of aliphatic hydroxyl groups is 1. The number of aromatic nitrogens is 2. The lowest BCUT2D eigenvalue weighted by molar-refractivity contribution is 0.160. The molecule has 4 heteroatoms. The number of nitrogens with one attached hydrogen (secondary N) is 1. The molecular weight excluding hydrogens is 178 g/mol. The molecule has 0 aliphatic heterocycles. The minimum Gasteiger partial charge on any atom is -0.392 e. The summed E-state index contributed by atoms with van der Waals surface area (Å²) in [5.41, 5.74) is 1.13. The van der Waals surface area contributed by atoms with E-state index >= 15 is 0 Å². The van der Waals surface area contributed by atoms with Crippen LogP contribution >= 0.6 is 0 Å². The van der Waals surface area contributed by atoms with Crippen LogP contribution in [0.15, 0.2) is 12.3 Å². The van der Waals surface area contributed by atoms with Crippen LogP contribution in [0.4, 0.5) is 0 Å². The first-order valence-corrected chi connectivity index (χ1v) is 5.09. The van der Waals surface area contributed by atoms with Gasteiger partial charge in [0, 0.05) is 26.3 Å². The highest BCUT2D eigenvalue weighted by molar-refractivity contribution is 4.99. The minimum atomic E-state index is -0.228. The van der Waals surface area contributed by atoms with Crippen LogP contribution in [-0.2, 0) is 13.6 Å². The Labute approximate surface area is 84.9 Å². The molecule has 0 radical (unpaired) electrons. The van der Waals surface area contributed by atoms with Crippen LogP contribution in [0.3, 0.4) is 0 Å². The van der Waals surface area contributed by atoms with Gasteiger partial charge in [0.2, 0.25) is 0 Å².